The van der Waals surface area contributed by atoms with Gasteiger partial charge in [0, 0.05) is 11.1 Å². The highest BCUT2D eigenvalue weighted by molar-refractivity contribution is 5.98. The van der Waals surface area contributed by atoms with Crippen LogP contribution in [-0.2, 0) is 0 Å². The van der Waals surface area contributed by atoms with Crippen LogP contribution in [0, 0.1) is 5.82 Å². The van der Waals surface area contributed by atoms with E-state index in [1.54, 1.807) is 12.1 Å². The highest BCUT2D eigenvalue weighted by Gasteiger charge is 2.18. The maximum Gasteiger partial charge on any atom is 0.152 e. The van der Waals surface area contributed by atoms with Gasteiger partial charge in [-0.15, -0.1) is 0 Å². The number of rotatable bonds is 4. The number of aldehydes is 1. The van der Waals surface area contributed by atoms with E-state index in [2.05, 4.69) is 18.2 Å². The van der Waals surface area contributed by atoms with E-state index < -0.39 is 0 Å². The molecule has 3 heteroatoms. The molecule has 0 atom stereocenters. The molecule has 138 valence electrons. The van der Waals surface area contributed by atoms with Crippen molar-refractivity contribution < 1.29 is 9.18 Å². The summed E-state index contributed by atoms with van der Waals surface area (Å²) in [7, 11) is 0. The van der Waals surface area contributed by atoms with Gasteiger partial charge in [0.25, 0.3) is 0 Å². The lowest BCUT2D eigenvalue weighted by molar-refractivity contribution is 0.112. The Morgan fingerprint density at radius 2 is 1.61 bits per heavy atom. The Hall–Kier alpha value is -3.33. The summed E-state index contributed by atoms with van der Waals surface area (Å²) in [6.07, 6.45) is 0.855. The van der Waals surface area contributed by atoms with Crippen LogP contribution in [0.5, 0.6) is 0 Å². The van der Waals surface area contributed by atoms with Crippen LogP contribution in [-0.4, -0.2) is 11.3 Å². The van der Waals surface area contributed by atoms with Crippen LogP contribution in [0.4, 0.5) is 4.39 Å². The molecule has 2 nitrogen and oxygen atoms in total. The average molecular weight is 369 g/mol. The summed E-state index contributed by atoms with van der Waals surface area (Å²) < 4.78 is 13.4. The van der Waals surface area contributed by atoms with Gasteiger partial charge in [0.05, 0.1) is 11.4 Å². The van der Waals surface area contributed by atoms with Crippen LogP contribution in [0.2, 0.25) is 0 Å². The zero-order valence-corrected chi connectivity index (χ0v) is 15.8. The molecule has 4 aromatic rings. The number of fused-ring (bicyclic) bond motifs is 1. The molecule has 0 unspecified atom stereocenters. The predicted octanol–water partition coefficient (Wildman–Crippen LogP) is 6.64. The second kappa shape index (κ2) is 7.35. The van der Waals surface area contributed by atoms with Crippen molar-refractivity contribution in [2.45, 2.75) is 19.8 Å². The third-order valence-electron chi connectivity index (χ3n) is 4.97. The summed E-state index contributed by atoms with van der Waals surface area (Å²) >= 11 is 0. The van der Waals surface area contributed by atoms with E-state index in [0.29, 0.717) is 5.56 Å². The summed E-state index contributed by atoms with van der Waals surface area (Å²) in [5.41, 5.74) is 4.71. The first-order chi connectivity index (χ1) is 13.6. The minimum atomic E-state index is -0.302. The van der Waals surface area contributed by atoms with E-state index in [1.807, 2.05) is 44.2 Å². The second-order valence-corrected chi connectivity index (χ2v) is 7.16. The van der Waals surface area contributed by atoms with E-state index >= 15 is 0 Å². The molecule has 0 amide bonds. The molecule has 1 aromatic heterocycles. The first-order valence-corrected chi connectivity index (χ1v) is 9.32. The van der Waals surface area contributed by atoms with E-state index in [4.69, 9.17) is 4.98 Å². The van der Waals surface area contributed by atoms with E-state index in [0.717, 1.165) is 45.1 Å². The molecule has 0 spiro atoms. The van der Waals surface area contributed by atoms with Crippen molar-refractivity contribution >= 4 is 17.1 Å². The van der Waals surface area contributed by atoms with Gasteiger partial charge in [0.1, 0.15) is 5.82 Å². The van der Waals surface area contributed by atoms with Crippen LogP contribution in [0.3, 0.4) is 0 Å². The minimum absolute atomic E-state index is 0.0781. The first-order valence-electron chi connectivity index (χ1n) is 9.32. The number of halogens is 1. The number of nitrogens with zero attached hydrogens (tertiary/aromatic N) is 1. The smallest absolute Gasteiger partial charge is 0.152 e. The molecular weight excluding hydrogens is 349 g/mol. The molecule has 0 fully saturated rings. The third-order valence-corrected chi connectivity index (χ3v) is 4.97. The standard InChI is InChI=1S/C25H20FNO/c1-16(2)25-23(15-28)22(18-10-12-19(26)13-11-18)14-24(27-25)21-9-5-7-17-6-3-4-8-20(17)21/h3-16H,1-2H3. The van der Waals surface area contributed by atoms with Crippen LogP contribution in [0.1, 0.15) is 35.8 Å². The van der Waals surface area contributed by atoms with Gasteiger partial charge in [0.15, 0.2) is 6.29 Å². The molecule has 0 bridgehead atoms. The van der Waals surface area contributed by atoms with Gasteiger partial charge in [0.2, 0.25) is 0 Å². The van der Waals surface area contributed by atoms with Crippen LogP contribution >= 0.6 is 0 Å². The Kier molecular flexibility index (Phi) is 4.74. The van der Waals surface area contributed by atoms with Gasteiger partial charge < -0.3 is 0 Å². The number of benzene rings is 3. The molecule has 28 heavy (non-hydrogen) atoms. The molecule has 0 radical (unpaired) electrons. The number of pyridine rings is 1. The van der Waals surface area contributed by atoms with Gasteiger partial charge in [-0.2, -0.15) is 0 Å². The second-order valence-electron chi connectivity index (χ2n) is 7.16. The highest BCUT2D eigenvalue weighted by atomic mass is 19.1. The zero-order chi connectivity index (χ0) is 19.7. The maximum absolute atomic E-state index is 13.4. The Labute approximate surface area is 163 Å². The molecule has 1 heterocycles. The van der Waals surface area contributed by atoms with Gasteiger partial charge in [-0.25, -0.2) is 4.39 Å². The van der Waals surface area contributed by atoms with E-state index in [-0.39, 0.29) is 11.7 Å². The van der Waals surface area contributed by atoms with Gasteiger partial charge in [-0.1, -0.05) is 68.4 Å². The fourth-order valence-electron chi connectivity index (χ4n) is 3.59. The van der Waals surface area contributed by atoms with Crippen molar-refractivity contribution in [2.24, 2.45) is 0 Å². The lowest BCUT2D eigenvalue weighted by Crippen LogP contribution is -2.04. The summed E-state index contributed by atoms with van der Waals surface area (Å²) in [4.78, 5) is 16.8. The summed E-state index contributed by atoms with van der Waals surface area (Å²) in [5.74, 6) is -0.224. The Balaban J connectivity index is 2.03. The highest BCUT2D eigenvalue weighted by Crippen LogP contribution is 2.35. The Bertz CT molecular complexity index is 1160. The zero-order valence-electron chi connectivity index (χ0n) is 15.8. The van der Waals surface area contributed by atoms with Crippen LogP contribution in [0.15, 0.2) is 72.8 Å². The molecule has 0 N–H and O–H groups in total. The van der Waals surface area contributed by atoms with Crippen LogP contribution in [0.25, 0.3) is 33.2 Å². The van der Waals surface area contributed by atoms with Gasteiger partial charge in [-0.3, -0.25) is 9.78 Å². The largest absolute Gasteiger partial charge is 0.298 e. The van der Waals surface area contributed by atoms with E-state index in [1.165, 1.54) is 12.1 Å². The van der Waals surface area contributed by atoms with Crippen molar-refractivity contribution in [3.8, 4) is 22.4 Å². The van der Waals surface area contributed by atoms with Crippen molar-refractivity contribution in [1.82, 2.24) is 4.98 Å². The van der Waals surface area contributed by atoms with Crippen molar-refractivity contribution in [3.63, 3.8) is 0 Å². The minimum Gasteiger partial charge on any atom is -0.298 e. The Morgan fingerprint density at radius 1 is 0.893 bits per heavy atom. The van der Waals surface area contributed by atoms with E-state index in [9.17, 15) is 9.18 Å². The number of aromatic nitrogens is 1. The summed E-state index contributed by atoms with van der Waals surface area (Å²) in [6, 6.07) is 22.5. The lowest BCUT2D eigenvalue weighted by Gasteiger charge is -2.16. The Morgan fingerprint density at radius 3 is 2.32 bits per heavy atom. The quantitative estimate of drug-likeness (QED) is 0.377. The molecule has 0 aliphatic carbocycles. The molecule has 0 aliphatic rings. The molecule has 3 aromatic carbocycles. The maximum atomic E-state index is 13.4. The topological polar surface area (TPSA) is 30.0 Å². The molecular formula is C25H20FNO. The molecule has 4 rings (SSSR count). The van der Waals surface area contributed by atoms with Crippen molar-refractivity contribution in [1.29, 1.82) is 0 Å². The molecule has 0 aliphatic heterocycles. The van der Waals surface area contributed by atoms with Gasteiger partial charge in [-0.05, 0) is 46.0 Å². The lowest BCUT2D eigenvalue weighted by atomic mass is 9.92. The number of hydrogen-bond acceptors (Lipinski definition) is 2. The molecule has 0 saturated heterocycles. The predicted molar refractivity (Wildman–Crippen MR) is 112 cm³/mol. The first kappa shape index (κ1) is 18.1. The summed E-state index contributed by atoms with van der Waals surface area (Å²) in [5, 5.41) is 2.24. The number of carbonyl (C=O) groups excluding carboxylic acids is 1. The van der Waals surface area contributed by atoms with Gasteiger partial charge >= 0.3 is 0 Å². The van der Waals surface area contributed by atoms with Crippen molar-refractivity contribution in [3.05, 3.63) is 89.9 Å². The normalized spacial score (nSPS) is 11.1. The number of carbonyl (C=O) groups is 1. The molecule has 0 saturated carbocycles. The average Bonchev–Trinajstić information content (AvgIpc) is 2.73. The van der Waals surface area contributed by atoms with Crippen LogP contribution < -0.4 is 0 Å². The number of hydrogen-bond donors (Lipinski definition) is 0. The summed E-state index contributed by atoms with van der Waals surface area (Å²) in [6.45, 7) is 4.05. The fourth-order valence-corrected chi connectivity index (χ4v) is 3.59. The monoisotopic (exact) mass is 369 g/mol. The van der Waals surface area contributed by atoms with Crippen molar-refractivity contribution in [2.75, 3.05) is 0 Å². The fraction of sp³-hybridized carbons (Fsp3) is 0.120. The SMILES string of the molecule is CC(C)c1nc(-c2cccc3ccccc23)cc(-c2ccc(F)cc2)c1C=O. The third kappa shape index (κ3) is 3.20.